The highest BCUT2D eigenvalue weighted by atomic mass is 79.9. The second-order valence-corrected chi connectivity index (χ2v) is 4.72. The third-order valence-electron chi connectivity index (χ3n) is 2.64. The Morgan fingerprint density at radius 3 is 2.79 bits per heavy atom. The van der Waals surface area contributed by atoms with Gasteiger partial charge in [0.1, 0.15) is 11.5 Å². The predicted octanol–water partition coefficient (Wildman–Crippen LogP) is 3.65. The van der Waals surface area contributed by atoms with Crippen LogP contribution in [0.5, 0.6) is 0 Å². The number of pyridine rings is 1. The van der Waals surface area contributed by atoms with Crippen LogP contribution in [0, 0.1) is 5.82 Å². The molecular formula is C14H12BrFN2O. The van der Waals surface area contributed by atoms with E-state index in [-0.39, 0.29) is 11.7 Å². The van der Waals surface area contributed by atoms with Crippen molar-refractivity contribution in [1.29, 1.82) is 0 Å². The Morgan fingerprint density at radius 1 is 1.37 bits per heavy atom. The van der Waals surface area contributed by atoms with E-state index in [2.05, 4.69) is 20.9 Å². The maximum absolute atomic E-state index is 13.2. The molecule has 0 saturated carbocycles. The van der Waals surface area contributed by atoms with Crippen molar-refractivity contribution in [2.75, 3.05) is 11.4 Å². The van der Waals surface area contributed by atoms with Crippen molar-refractivity contribution in [2.45, 2.75) is 6.92 Å². The van der Waals surface area contributed by atoms with E-state index in [4.69, 9.17) is 0 Å². The van der Waals surface area contributed by atoms with E-state index in [9.17, 15) is 9.18 Å². The lowest BCUT2D eigenvalue weighted by Gasteiger charge is -2.21. The van der Waals surface area contributed by atoms with Gasteiger partial charge in [0.2, 0.25) is 0 Å². The fourth-order valence-corrected chi connectivity index (χ4v) is 2.18. The molecule has 19 heavy (non-hydrogen) atoms. The highest BCUT2D eigenvalue weighted by Crippen LogP contribution is 2.21. The van der Waals surface area contributed by atoms with Gasteiger partial charge in [-0.15, -0.1) is 0 Å². The molecule has 0 atom stereocenters. The summed E-state index contributed by atoms with van der Waals surface area (Å²) in [5.41, 5.74) is 0.832. The molecule has 1 heterocycles. The second kappa shape index (κ2) is 5.93. The van der Waals surface area contributed by atoms with Crippen molar-refractivity contribution in [3.8, 4) is 0 Å². The van der Waals surface area contributed by atoms with Gasteiger partial charge in [-0.2, -0.15) is 0 Å². The van der Waals surface area contributed by atoms with Crippen LogP contribution in [0.2, 0.25) is 0 Å². The van der Waals surface area contributed by atoms with Gasteiger partial charge in [0.25, 0.3) is 5.91 Å². The van der Waals surface area contributed by atoms with Gasteiger partial charge < -0.3 is 4.90 Å². The Labute approximate surface area is 119 Å². The average Bonchev–Trinajstić information content (AvgIpc) is 2.40. The van der Waals surface area contributed by atoms with Gasteiger partial charge in [-0.3, -0.25) is 4.79 Å². The van der Waals surface area contributed by atoms with E-state index in [0.717, 1.165) is 0 Å². The summed E-state index contributed by atoms with van der Waals surface area (Å²) in [6.07, 6.45) is 1.55. The Kier molecular flexibility index (Phi) is 4.27. The molecule has 0 saturated heterocycles. The van der Waals surface area contributed by atoms with E-state index in [0.29, 0.717) is 22.4 Å². The molecule has 0 bridgehead atoms. The van der Waals surface area contributed by atoms with Crippen LogP contribution in [0.4, 0.5) is 10.1 Å². The first-order valence-corrected chi connectivity index (χ1v) is 6.60. The van der Waals surface area contributed by atoms with Crippen LogP contribution in [0.25, 0.3) is 0 Å². The van der Waals surface area contributed by atoms with E-state index in [1.807, 2.05) is 6.92 Å². The molecule has 0 radical (unpaired) electrons. The zero-order valence-corrected chi connectivity index (χ0v) is 11.9. The monoisotopic (exact) mass is 322 g/mol. The summed E-state index contributed by atoms with van der Waals surface area (Å²) >= 11 is 3.30. The molecule has 0 aliphatic carbocycles. The molecule has 1 amide bonds. The number of amides is 1. The van der Waals surface area contributed by atoms with Gasteiger partial charge in [0.05, 0.1) is 0 Å². The van der Waals surface area contributed by atoms with E-state index in [1.54, 1.807) is 30.5 Å². The summed E-state index contributed by atoms with van der Waals surface area (Å²) in [7, 11) is 0. The highest BCUT2D eigenvalue weighted by Gasteiger charge is 2.19. The van der Waals surface area contributed by atoms with Crippen LogP contribution in [0.3, 0.4) is 0 Å². The number of aromatic nitrogens is 1. The normalized spacial score (nSPS) is 10.3. The van der Waals surface area contributed by atoms with Gasteiger partial charge in [-0.25, -0.2) is 9.37 Å². The molecule has 0 N–H and O–H groups in total. The van der Waals surface area contributed by atoms with Crippen LogP contribution in [-0.2, 0) is 0 Å². The Morgan fingerprint density at radius 2 is 2.16 bits per heavy atom. The number of rotatable bonds is 3. The van der Waals surface area contributed by atoms with Crippen molar-refractivity contribution in [3.63, 3.8) is 0 Å². The molecule has 3 nitrogen and oxygen atoms in total. The maximum Gasteiger partial charge on any atom is 0.278 e. The van der Waals surface area contributed by atoms with Crippen molar-refractivity contribution in [3.05, 3.63) is 58.6 Å². The smallest absolute Gasteiger partial charge is 0.278 e. The molecule has 1 aromatic heterocycles. The second-order valence-electron chi connectivity index (χ2n) is 3.86. The van der Waals surface area contributed by atoms with Crippen LogP contribution in [0.1, 0.15) is 17.4 Å². The quantitative estimate of drug-likeness (QED) is 0.864. The number of halogens is 2. The van der Waals surface area contributed by atoms with Crippen LogP contribution in [0.15, 0.2) is 47.1 Å². The molecule has 1 aromatic carbocycles. The Bertz CT molecular complexity index is 604. The number of anilines is 1. The minimum absolute atomic E-state index is 0.263. The van der Waals surface area contributed by atoms with E-state index >= 15 is 0 Å². The number of carbonyl (C=O) groups excluding carboxylic acids is 1. The molecule has 0 unspecified atom stereocenters. The topological polar surface area (TPSA) is 33.2 Å². The average molecular weight is 323 g/mol. The summed E-state index contributed by atoms with van der Waals surface area (Å²) in [6, 6.07) is 9.44. The van der Waals surface area contributed by atoms with Crippen LogP contribution < -0.4 is 4.90 Å². The van der Waals surface area contributed by atoms with Crippen molar-refractivity contribution in [2.24, 2.45) is 0 Å². The zero-order chi connectivity index (χ0) is 13.8. The van der Waals surface area contributed by atoms with Crippen molar-refractivity contribution in [1.82, 2.24) is 4.98 Å². The number of hydrogen-bond donors (Lipinski definition) is 0. The van der Waals surface area contributed by atoms with Crippen molar-refractivity contribution >= 4 is 27.5 Å². The SMILES string of the molecule is CCN(C(=O)c1ncccc1Br)c1cccc(F)c1. The number of nitrogens with zero attached hydrogens (tertiary/aromatic N) is 2. The molecule has 0 spiro atoms. The number of carbonyl (C=O) groups is 1. The van der Waals surface area contributed by atoms with E-state index in [1.165, 1.54) is 17.0 Å². The molecular weight excluding hydrogens is 311 g/mol. The zero-order valence-electron chi connectivity index (χ0n) is 10.3. The first-order chi connectivity index (χ1) is 9.13. The molecule has 5 heteroatoms. The molecule has 0 fully saturated rings. The molecule has 98 valence electrons. The lowest BCUT2D eigenvalue weighted by atomic mass is 10.2. The summed E-state index contributed by atoms with van der Waals surface area (Å²) in [5.74, 6) is -0.635. The summed E-state index contributed by atoms with van der Waals surface area (Å²) in [4.78, 5) is 18.0. The largest absolute Gasteiger partial charge is 0.307 e. The van der Waals surface area contributed by atoms with Gasteiger partial charge in [-0.05, 0) is 53.2 Å². The van der Waals surface area contributed by atoms with Gasteiger partial charge >= 0.3 is 0 Å². The molecule has 2 aromatic rings. The minimum Gasteiger partial charge on any atom is -0.307 e. The third kappa shape index (κ3) is 2.98. The first-order valence-electron chi connectivity index (χ1n) is 5.81. The fourth-order valence-electron chi connectivity index (χ4n) is 1.76. The molecule has 0 aliphatic heterocycles. The first kappa shape index (κ1) is 13.7. The summed E-state index contributed by atoms with van der Waals surface area (Å²) in [6.45, 7) is 2.27. The Hall–Kier alpha value is -1.75. The summed E-state index contributed by atoms with van der Waals surface area (Å²) in [5, 5.41) is 0. The molecule has 0 aliphatic rings. The van der Waals surface area contributed by atoms with Gasteiger partial charge in [0, 0.05) is 22.9 Å². The molecule has 2 rings (SSSR count). The number of hydrogen-bond acceptors (Lipinski definition) is 2. The standard InChI is InChI=1S/C14H12BrFN2O/c1-2-18(11-6-3-5-10(16)9-11)14(19)13-12(15)7-4-8-17-13/h3-9H,2H2,1H3. The fraction of sp³-hybridized carbons (Fsp3) is 0.143. The lowest BCUT2D eigenvalue weighted by molar-refractivity contribution is 0.0982. The van der Waals surface area contributed by atoms with Crippen LogP contribution in [-0.4, -0.2) is 17.4 Å². The maximum atomic E-state index is 13.2. The van der Waals surface area contributed by atoms with E-state index < -0.39 is 0 Å². The lowest BCUT2D eigenvalue weighted by Crippen LogP contribution is -2.31. The highest BCUT2D eigenvalue weighted by molar-refractivity contribution is 9.10. The van der Waals surface area contributed by atoms with Gasteiger partial charge in [0.15, 0.2) is 0 Å². The Balaban J connectivity index is 2.38. The number of benzene rings is 1. The summed E-state index contributed by atoms with van der Waals surface area (Å²) < 4.78 is 13.9. The van der Waals surface area contributed by atoms with Crippen LogP contribution >= 0.6 is 15.9 Å². The third-order valence-corrected chi connectivity index (χ3v) is 3.28. The van der Waals surface area contributed by atoms with Gasteiger partial charge in [-0.1, -0.05) is 6.07 Å². The predicted molar refractivity (Wildman–Crippen MR) is 75.7 cm³/mol. The van der Waals surface area contributed by atoms with Crippen molar-refractivity contribution < 1.29 is 9.18 Å². The minimum atomic E-state index is -0.371.